The third kappa shape index (κ3) is 3.72. The fraction of sp³-hybridized carbons (Fsp3) is 0.273. The molecular weight excluding hydrogens is 330 g/mol. The molecule has 0 aromatic heterocycles. The molecule has 1 fully saturated rings. The standard InChI is InChI=1S/C22H24NO.ClH/c1-23(2)15-21(22(24-16-23)18-9-4-3-5-10-18)20-13-12-17-8-6-7-11-19(17)14-20;/h3-14,21-22H,15-16H2,1-2H3;1H/q+1;/p-1/t21-,22-;/m1./s1. The number of halogens is 1. The van der Waals surface area contributed by atoms with Gasteiger partial charge < -0.3 is 21.6 Å². The zero-order valence-corrected chi connectivity index (χ0v) is 15.5. The first-order valence-corrected chi connectivity index (χ1v) is 8.60. The van der Waals surface area contributed by atoms with Gasteiger partial charge in [0, 0.05) is 0 Å². The molecule has 0 unspecified atom stereocenters. The van der Waals surface area contributed by atoms with Crippen LogP contribution in [0.25, 0.3) is 10.8 Å². The third-order valence-corrected chi connectivity index (χ3v) is 4.99. The second-order valence-corrected chi connectivity index (χ2v) is 7.46. The molecule has 0 saturated carbocycles. The molecule has 0 aliphatic carbocycles. The summed E-state index contributed by atoms with van der Waals surface area (Å²) >= 11 is 0. The highest BCUT2D eigenvalue weighted by Crippen LogP contribution is 2.40. The second-order valence-electron chi connectivity index (χ2n) is 7.46. The van der Waals surface area contributed by atoms with Gasteiger partial charge in [-0.3, -0.25) is 0 Å². The lowest BCUT2D eigenvalue weighted by molar-refractivity contribution is -0.921. The van der Waals surface area contributed by atoms with Gasteiger partial charge in [0.15, 0.2) is 6.73 Å². The fourth-order valence-corrected chi connectivity index (χ4v) is 3.77. The molecule has 0 radical (unpaired) electrons. The van der Waals surface area contributed by atoms with Crippen molar-refractivity contribution >= 4 is 10.8 Å². The third-order valence-electron chi connectivity index (χ3n) is 4.99. The van der Waals surface area contributed by atoms with E-state index in [9.17, 15) is 0 Å². The van der Waals surface area contributed by atoms with Crippen molar-refractivity contribution in [1.82, 2.24) is 0 Å². The molecule has 3 aromatic carbocycles. The predicted molar refractivity (Wildman–Crippen MR) is 98.8 cm³/mol. The first-order valence-electron chi connectivity index (χ1n) is 8.60. The van der Waals surface area contributed by atoms with Crippen molar-refractivity contribution in [3.05, 3.63) is 83.9 Å². The largest absolute Gasteiger partial charge is 1.00 e. The highest BCUT2D eigenvalue weighted by Gasteiger charge is 2.37. The molecule has 4 rings (SSSR count). The van der Waals surface area contributed by atoms with Crippen LogP contribution in [0.1, 0.15) is 23.1 Å². The summed E-state index contributed by atoms with van der Waals surface area (Å²) in [7, 11) is 4.49. The van der Waals surface area contributed by atoms with Crippen LogP contribution < -0.4 is 12.4 Å². The molecule has 25 heavy (non-hydrogen) atoms. The van der Waals surface area contributed by atoms with E-state index in [1.54, 1.807) is 0 Å². The van der Waals surface area contributed by atoms with Gasteiger partial charge in [0.1, 0.15) is 6.10 Å². The SMILES string of the molecule is C[N+]1(C)CO[C@H](c2ccccc2)[C@@H](c2ccc3ccccc3c2)C1.[Cl-]. The number of likely N-dealkylation sites (N-methyl/N-ethyl adjacent to an activating group) is 1. The summed E-state index contributed by atoms with van der Waals surface area (Å²) in [4.78, 5) is 0. The van der Waals surface area contributed by atoms with Crippen LogP contribution in [0.4, 0.5) is 0 Å². The molecule has 0 bridgehead atoms. The summed E-state index contributed by atoms with van der Waals surface area (Å²) in [5.74, 6) is 0.362. The minimum atomic E-state index is 0. The summed E-state index contributed by atoms with van der Waals surface area (Å²) in [5, 5.41) is 2.60. The van der Waals surface area contributed by atoms with Gasteiger partial charge in [-0.05, 0) is 21.9 Å². The van der Waals surface area contributed by atoms with Crippen LogP contribution in [0.15, 0.2) is 72.8 Å². The van der Waals surface area contributed by atoms with Gasteiger partial charge in [0.05, 0.1) is 26.6 Å². The minimum absolute atomic E-state index is 0. The van der Waals surface area contributed by atoms with Gasteiger partial charge in [-0.15, -0.1) is 0 Å². The van der Waals surface area contributed by atoms with E-state index in [-0.39, 0.29) is 18.5 Å². The lowest BCUT2D eigenvalue weighted by Gasteiger charge is -2.42. The molecule has 0 spiro atoms. The fourth-order valence-electron chi connectivity index (χ4n) is 3.77. The number of nitrogens with zero attached hydrogens (tertiary/aromatic N) is 1. The van der Waals surface area contributed by atoms with Crippen molar-refractivity contribution in [1.29, 1.82) is 0 Å². The number of hydrogen-bond acceptors (Lipinski definition) is 1. The molecule has 1 aliphatic heterocycles. The summed E-state index contributed by atoms with van der Waals surface area (Å²) in [6.45, 7) is 1.83. The molecule has 1 aliphatic rings. The Kier molecular flexibility index (Phi) is 5.14. The highest BCUT2D eigenvalue weighted by atomic mass is 35.5. The molecular formula is C22H24ClNO. The van der Waals surface area contributed by atoms with Crippen LogP contribution in [0.3, 0.4) is 0 Å². The first kappa shape index (κ1) is 17.9. The van der Waals surface area contributed by atoms with Crippen molar-refractivity contribution in [2.75, 3.05) is 27.4 Å². The average Bonchev–Trinajstić information content (AvgIpc) is 2.61. The van der Waals surface area contributed by atoms with Gasteiger partial charge in [0.2, 0.25) is 0 Å². The Morgan fingerprint density at radius 3 is 2.24 bits per heavy atom. The van der Waals surface area contributed by atoms with Crippen molar-refractivity contribution in [2.45, 2.75) is 12.0 Å². The van der Waals surface area contributed by atoms with Crippen LogP contribution in [0.5, 0.6) is 0 Å². The monoisotopic (exact) mass is 353 g/mol. The Balaban J connectivity index is 0.00000182. The van der Waals surface area contributed by atoms with E-state index in [4.69, 9.17) is 4.74 Å². The maximum atomic E-state index is 6.33. The van der Waals surface area contributed by atoms with Crippen molar-refractivity contribution in [3.8, 4) is 0 Å². The summed E-state index contributed by atoms with van der Waals surface area (Å²) in [6, 6.07) is 26.1. The summed E-state index contributed by atoms with van der Waals surface area (Å²) in [6.07, 6.45) is 0.124. The summed E-state index contributed by atoms with van der Waals surface area (Å²) in [5.41, 5.74) is 2.64. The number of ether oxygens (including phenoxy) is 1. The van der Waals surface area contributed by atoms with Gasteiger partial charge in [-0.1, -0.05) is 72.8 Å². The molecule has 1 heterocycles. The zero-order chi connectivity index (χ0) is 16.6. The average molecular weight is 354 g/mol. The van der Waals surface area contributed by atoms with Crippen LogP contribution in [0.2, 0.25) is 0 Å². The van der Waals surface area contributed by atoms with E-state index in [1.165, 1.54) is 21.9 Å². The topological polar surface area (TPSA) is 9.23 Å². The molecule has 3 heteroatoms. The Morgan fingerprint density at radius 1 is 0.800 bits per heavy atom. The second kappa shape index (κ2) is 7.17. The molecule has 0 amide bonds. The maximum absolute atomic E-state index is 6.33. The van der Waals surface area contributed by atoms with Crippen LogP contribution in [0, 0.1) is 0 Å². The van der Waals surface area contributed by atoms with E-state index in [2.05, 4.69) is 86.9 Å². The highest BCUT2D eigenvalue weighted by molar-refractivity contribution is 5.83. The van der Waals surface area contributed by atoms with Crippen molar-refractivity contribution in [2.24, 2.45) is 0 Å². The molecule has 2 atom stereocenters. The van der Waals surface area contributed by atoms with Crippen LogP contribution >= 0.6 is 0 Å². The Hall–Kier alpha value is -1.87. The lowest BCUT2D eigenvalue weighted by Crippen LogP contribution is -3.00. The van der Waals surface area contributed by atoms with E-state index < -0.39 is 0 Å². The van der Waals surface area contributed by atoms with E-state index in [0.717, 1.165) is 17.8 Å². The number of rotatable bonds is 2. The molecule has 0 N–H and O–H groups in total. The normalized spacial score (nSPS) is 22.3. The smallest absolute Gasteiger partial charge is 0.183 e. The molecule has 3 aromatic rings. The van der Waals surface area contributed by atoms with E-state index >= 15 is 0 Å². The predicted octanol–water partition coefficient (Wildman–Crippen LogP) is 1.73. The van der Waals surface area contributed by atoms with E-state index in [1.807, 2.05) is 0 Å². The molecule has 2 nitrogen and oxygen atoms in total. The van der Waals surface area contributed by atoms with Gasteiger partial charge in [-0.2, -0.15) is 0 Å². The lowest BCUT2D eigenvalue weighted by atomic mass is 9.86. The minimum Gasteiger partial charge on any atom is -1.00 e. The van der Waals surface area contributed by atoms with Gasteiger partial charge in [-0.25, -0.2) is 0 Å². The number of fused-ring (bicyclic) bond motifs is 1. The van der Waals surface area contributed by atoms with Gasteiger partial charge >= 0.3 is 0 Å². The molecule has 130 valence electrons. The number of quaternary nitrogens is 1. The Labute approximate surface area is 156 Å². The Morgan fingerprint density at radius 2 is 1.48 bits per heavy atom. The number of benzene rings is 3. The zero-order valence-electron chi connectivity index (χ0n) is 14.7. The van der Waals surface area contributed by atoms with Crippen molar-refractivity contribution < 1.29 is 21.6 Å². The maximum Gasteiger partial charge on any atom is 0.183 e. The van der Waals surface area contributed by atoms with E-state index in [0.29, 0.717) is 5.92 Å². The molecule has 1 saturated heterocycles. The van der Waals surface area contributed by atoms with Crippen LogP contribution in [-0.2, 0) is 4.74 Å². The Bertz CT molecular complexity index is 847. The quantitative estimate of drug-likeness (QED) is 0.638. The van der Waals surface area contributed by atoms with Crippen molar-refractivity contribution in [3.63, 3.8) is 0 Å². The first-order chi connectivity index (χ1) is 11.6. The van der Waals surface area contributed by atoms with Gasteiger partial charge in [0.25, 0.3) is 0 Å². The summed E-state index contributed by atoms with van der Waals surface area (Å²) < 4.78 is 7.22. The van der Waals surface area contributed by atoms with Crippen LogP contribution in [-0.4, -0.2) is 31.9 Å². The number of hydrogen-bond donors (Lipinski definition) is 0.